The van der Waals surface area contributed by atoms with Crippen molar-refractivity contribution in [3.63, 3.8) is 0 Å². The molecule has 0 spiro atoms. The van der Waals surface area contributed by atoms with Gasteiger partial charge < -0.3 is 15.1 Å². The number of rotatable bonds is 8. The Kier molecular flexibility index (Phi) is 7.63. The number of hydroxylamine groups is 2. The second-order valence-electron chi connectivity index (χ2n) is 9.56. The first-order chi connectivity index (χ1) is 18.7. The molecule has 204 valence electrons. The zero-order chi connectivity index (χ0) is 27.9. The summed E-state index contributed by atoms with van der Waals surface area (Å²) < 4.78 is 17.4. The fourth-order valence-electron chi connectivity index (χ4n) is 5.40. The van der Waals surface area contributed by atoms with Crippen LogP contribution >= 0.6 is 23.2 Å². The molecule has 8 nitrogen and oxygen atoms in total. The van der Waals surface area contributed by atoms with Gasteiger partial charge in [-0.05, 0) is 59.9 Å². The number of carbonyl (C=O) groups is 2. The van der Waals surface area contributed by atoms with Crippen molar-refractivity contribution in [3.05, 3.63) is 87.2 Å². The van der Waals surface area contributed by atoms with E-state index < -0.39 is 36.4 Å². The van der Waals surface area contributed by atoms with Gasteiger partial charge in [-0.25, -0.2) is 4.39 Å². The Balaban J connectivity index is 1.65. The van der Waals surface area contributed by atoms with Crippen LogP contribution in [0.5, 0.6) is 0 Å². The molecule has 1 fully saturated rings. The normalized spacial score (nSPS) is 21.1. The first-order valence-electron chi connectivity index (χ1n) is 12.4. The Bertz CT molecular complexity index is 1410. The summed E-state index contributed by atoms with van der Waals surface area (Å²) in [5.41, 5.74) is 2.40. The summed E-state index contributed by atoms with van der Waals surface area (Å²) in [7, 11) is 1.16. The molecule has 3 aromatic rings. The number of fused-ring (bicyclic) bond motifs is 1. The van der Waals surface area contributed by atoms with Gasteiger partial charge in [0, 0.05) is 41.5 Å². The number of amides is 2. The molecule has 5 rings (SSSR count). The van der Waals surface area contributed by atoms with Crippen LogP contribution < -0.4 is 0 Å². The minimum Gasteiger partial charge on any atom is -0.387 e. The van der Waals surface area contributed by atoms with Crippen molar-refractivity contribution in [2.75, 3.05) is 20.3 Å². The summed E-state index contributed by atoms with van der Waals surface area (Å²) in [6.07, 6.45) is 0.215. The fourth-order valence-corrected chi connectivity index (χ4v) is 5.64. The van der Waals surface area contributed by atoms with Crippen LogP contribution in [0.2, 0.25) is 10.0 Å². The number of pyridine rings is 1. The van der Waals surface area contributed by atoms with Crippen molar-refractivity contribution in [3.8, 4) is 11.1 Å². The minimum atomic E-state index is -2.77. The third-order valence-electron chi connectivity index (χ3n) is 7.39. The largest absolute Gasteiger partial charge is 0.387 e. The van der Waals surface area contributed by atoms with E-state index in [0.717, 1.165) is 12.7 Å². The number of nitrogens with zero attached hydrogens (tertiary/aromatic N) is 3. The number of hydrogen-bond donors (Lipinski definition) is 2. The molecule has 0 aliphatic carbocycles. The zero-order valence-electron chi connectivity index (χ0n) is 21.0. The molecule has 2 aliphatic rings. The summed E-state index contributed by atoms with van der Waals surface area (Å²) >= 11 is 12.1. The van der Waals surface area contributed by atoms with Gasteiger partial charge in [0.05, 0.1) is 17.7 Å². The predicted octanol–water partition coefficient (Wildman–Crippen LogP) is 4.13. The number of alkyl halides is 1. The van der Waals surface area contributed by atoms with E-state index in [1.165, 1.54) is 17.2 Å². The van der Waals surface area contributed by atoms with Gasteiger partial charge in [-0.3, -0.25) is 19.4 Å². The Labute approximate surface area is 234 Å². The highest BCUT2D eigenvalue weighted by molar-refractivity contribution is 6.30. The first kappa shape index (κ1) is 27.5. The van der Waals surface area contributed by atoms with Crippen molar-refractivity contribution in [1.29, 1.82) is 0 Å². The lowest BCUT2D eigenvalue weighted by Gasteiger charge is -2.44. The molecular formula is C28H26Cl2FN3O5. The molecule has 0 bridgehead atoms. The van der Waals surface area contributed by atoms with E-state index in [2.05, 4.69) is 4.98 Å². The van der Waals surface area contributed by atoms with Crippen LogP contribution in [0.25, 0.3) is 11.1 Å². The topological polar surface area (TPSA) is 103 Å². The van der Waals surface area contributed by atoms with E-state index in [-0.39, 0.29) is 24.0 Å². The maximum absolute atomic E-state index is 17.4. The summed E-state index contributed by atoms with van der Waals surface area (Å²) in [6.45, 7) is -0.282. The number of aliphatic hydroxyl groups excluding tert-OH is 2. The van der Waals surface area contributed by atoms with Gasteiger partial charge in [-0.15, -0.1) is 0 Å². The summed E-state index contributed by atoms with van der Waals surface area (Å²) in [6, 6.07) is 13.1. The van der Waals surface area contributed by atoms with Crippen LogP contribution in [-0.2, 0) is 21.8 Å². The Hall–Kier alpha value is -3.08. The summed E-state index contributed by atoms with van der Waals surface area (Å²) in [4.78, 5) is 36.4. The van der Waals surface area contributed by atoms with Crippen LogP contribution in [-0.4, -0.2) is 69.4 Å². The lowest BCUT2D eigenvalue weighted by atomic mass is 9.83. The van der Waals surface area contributed by atoms with Gasteiger partial charge in [-0.1, -0.05) is 41.4 Å². The number of aliphatic hydroxyl groups is 2. The zero-order valence-corrected chi connectivity index (χ0v) is 22.5. The predicted molar refractivity (Wildman–Crippen MR) is 143 cm³/mol. The third kappa shape index (κ3) is 4.79. The van der Waals surface area contributed by atoms with Crippen molar-refractivity contribution in [2.24, 2.45) is 0 Å². The van der Waals surface area contributed by atoms with Crippen LogP contribution in [0.3, 0.4) is 0 Å². The Morgan fingerprint density at radius 2 is 1.85 bits per heavy atom. The molecule has 3 heterocycles. The summed E-state index contributed by atoms with van der Waals surface area (Å²) in [5, 5.41) is 22.2. The van der Waals surface area contributed by atoms with Crippen LogP contribution in [0.1, 0.15) is 40.0 Å². The third-order valence-corrected chi connectivity index (χ3v) is 7.87. The lowest BCUT2D eigenvalue weighted by Crippen LogP contribution is -2.56. The molecule has 2 aromatic carbocycles. The van der Waals surface area contributed by atoms with Gasteiger partial charge in [0.15, 0.2) is 0 Å². The van der Waals surface area contributed by atoms with Crippen molar-refractivity contribution in [1.82, 2.24) is 14.9 Å². The van der Waals surface area contributed by atoms with Gasteiger partial charge in [0.2, 0.25) is 5.91 Å². The highest BCUT2D eigenvalue weighted by Crippen LogP contribution is 2.49. The number of carbonyl (C=O) groups excluding carboxylic acids is 2. The highest BCUT2D eigenvalue weighted by atomic mass is 35.5. The van der Waals surface area contributed by atoms with E-state index in [1.807, 2.05) is 0 Å². The van der Waals surface area contributed by atoms with Crippen molar-refractivity contribution in [2.45, 2.75) is 37.2 Å². The van der Waals surface area contributed by atoms with Crippen LogP contribution in [0, 0.1) is 0 Å². The van der Waals surface area contributed by atoms with Crippen molar-refractivity contribution >= 4 is 35.0 Å². The van der Waals surface area contributed by atoms with E-state index in [4.69, 9.17) is 28.0 Å². The lowest BCUT2D eigenvalue weighted by molar-refractivity contribution is -0.249. The average Bonchev–Trinajstić information content (AvgIpc) is 3.15. The standard InChI is InChI=1S/C28H26Cl2FN3O5/c1-39-34-27(38)22-9-8-21(16-2-4-17(29)5-3-16)23(12-19-7-6-18(30)14-32-19)26(22)28(34,31)24(36)13-20-10-11-33(20)25(37)15-35/h2-9,14,20,24,35-36H,10-13,15H2,1H3/t20?,24?,28-/m1/s1. The number of hydrogen-bond acceptors (Lipinski definition) is 6. The second-order valence-corrected chi connectivity index (χ2v) is 10.4. The molecule has 0 saturated carbocycles. The summed E-state index contributed by atoms with van der Waals surface area (Å²) in [5.74, 6) is -4.01. The number of benzene rings is 2. The average molecular weight is 574 g/mol. The van der Waals surface area contributed by atoms with E-state index >= 15 is 4.39 Å². The molecule has 3 atom stereocenters. The number of halogens is 3. The Morgan fingerprint density at radius 3 is 2.44 bits per heavy atom. The molecule has 0 radical (unpaired) electrons. The van der Waals surface area contributed by atoms with Gasteiger partial charge in [-0.2, -0.15) is 5.06 Å². The van der Waals surface area contributed by atoms with Crippen molar-refractivity contribution < 1.29 is 29.0 Å². The van der Waals surface area contributed by atoms with Crippen LogP contribution in [0.15, 0.2) is 54.7 Å². The SMILES string of the molecule is CON1C(=O)c2ccc(-c3ccc(Cl)cc3)c(Cc3ccc(Cl)cn3)c2[C@@]1(F)C(O)CC1CCN1C(=O)CO. The molecule has 2 N–H and O–H groups in total. The molecule has 1 saturated heterocycles. The van der Waals surface area contributed by atoms with Crippen LogP contribution in [0.4, 0.5) is 4.39 Å². The van der Waals surface area contributed by atoms with E-state index in [0.29, 0.717) is 44.9 Å². The van der Waals surface area contributed by atoms with E-state index in [9.17, 15) is 19.8 Å². The second kappa shape index (κ2) is 10.8. The molecule has 11 heteroatoms. The minimum absolute atomic E-state index is 0.0228. The number of aromatic nitrogens is 1. The monoisotopic (exact) mass is 573 g/mol. The molecule has 2 aliphatic heterocycles. The molecule has 1 aromatic heterocycles. The molecular weight excluding hydrogens is 548 g/mol. The quantitative estimate of drug-likeness (QED) is 0.393. The first-order valence-corrected chi connectivity index (χ1v) is 13.1. The molecule has 39 heavy (non-hydrogen) atoms. The number of likely N-dealkylation sites (tertiary alicyclic amines) is 1. The van der Waals surface area contributed by atoms with Gasteiger partial charge in [0.25, 0.3) is 11.7 Å². The molecule has 2 amide bonds. The van der Waals surface area contributed by atoms with E-state index in [1.54, 1.807) is 42.5 Å². The molecule has 2 unspecified atom stereocenters. The maximum atomic E-state index is 17.4. The highest BCUT2D eigenvalue weighted by Gasteiger charge is 2.58. The maximum Gasteiger partial charge on any atom is 0.281 e. The Morgan fingerprint density at radius 1 is 1.15 bits per heavy atom. The van der Waals surface area contributed by atoms with Gasteiger partial charge in [0.1, 0.15) is 12.7 Å². The fraction of sp³-hybridized carbons (Fsp3) is 0.321. The van der Waals surface area contributed by atoms with Gasteiger partial charge >= 0.3 is 0 Å². The smallest absolute Gasteiger partial charge is 0.281 e.